The molecule has 0 spiro atoms. The van der Waals surface area contributed by atoms with E-state index in [2.05, 4.69) is 20.8 Å². The maximum atomic E-state index is 10.4. The van der Waals surface area contributed by atoms with E-state index in [4.69, 9.17) is 5.32 Å². The van der Waals surface area contributed by atoms with Crippen molar-refractivity contribution < 1.29 is 33.7 Å². The molecular weight excluding hydrogens is 375 g/mol. The first kappa shape index (κ1) is 22.9. The normalized spacial score (nSPS) is 13.6. The Balaban J connectivity index is 5.12. The first-order valence-electron chi connectivity index (χ1n) is 8.95. The van der Waals surface area contributed by atoms with Crippen LogP contribution in [0.5, 0.6) is 0 Å². The second-order valence-electron chi connectivity index (χ2n) is 7.36. The zero-order valence-corrected chi connectivity index (χ0v) is 19.0. The van der Waals surface area contributed by atoms with Crippen LogP contribution in [0.3, 0.4) is 0 Å². The van der Waals surface area contributed by atoms with Gasteiger partial charge in [-0.25, -0.2) is 0 Å². The molecule has 0 aliphatic carbocycles. The van der Waals surface area contributed by atoms with E-state index in [1.807, 2.05) is 20.8 Å². The molecule has 0 aromatic rings. The van der Waals surface area contributed by atoms with Crippen LogP contribution in [0.15, 0.2) is 0 Å². The Morgan fingerprint density at radius 1 is 0.818 bits per heavy atom. The third-order valence-corrected chi connectivity index (χ3v) is 15.6. The van der Waals surface area contributed by atoms with E-state index in [-0.39, 0.29) is 0 Å². The van der Waals surface area contributed by atoms with Gasteiger partial charge < -0.3 is 0 Å². The van der Waals surface area contributed by atoms with Gasteiger partial charge in [0.2, 0.25) is 0 Å². The van der Waals surface area contributed by atoms with Crippen molar-refractivity contribution in [3.63, 3.8) is 0 Å². The number of hydrogen-bond donors (Lipinski definition) is 2. The SMILES string of the molecule is CCCC[Si](CCCC)(CCCC)[O][Zr]([OH])([OH])[O]C(C)(C)C. The van der Waals surface area contributed by atoms with Crippen molar-refractivity contribution in [2.24, 2.45) is 0 Å². The minimum absolute atomic E-state index is 0.569. The molecule has 0 rings (SSSR count). The summed E-state index contributed by atoms with van der Waals surface area (Å²) in [4.78, 5) is 0. The van der Waals surface area contributed by atoms with Crippen LogP contribution in [0.4, 0.5) is 0 Å². The van der Waals surface area contributed by atoms with Gasteiger partial charge >= 0.3 is 146 Å². The molecule has 0 aliphatic rings. The number of unbranched alkanes of at least 4 members (excludes halogenated alkanes) is 3. The molecule has 22 heavy (non-hydrogen) atoms. The molecular formula is C16H38O4SiZr. The quantitative estimate of drug-likeness (QED) is 0.444. The van der Waals surface area contributed by atoms with E-state index in [1.54, 1.807) is 0 Å². The summed E-state index contributed by atoms with van der Waals surface area (Å²) in [7, 11) is -2.13. The van der Waals surface area contributed by atoms with Gasteiger partial charge in [-0.15, -0.1) is 0 Å². The summed E-state index contributed by atoms with van der Waals surface area (Å²) in [6.45, 7) is 12.1. The number of hydrogen-bond acceptors (Lipinski definition) is 4. The summed E-state index contributed by atoms with van der Waals surface area (Å²) < 4.78 is 32.6. The van der Waals surface area contributed by atoms with Gasteiger partial charge in [-0.05, 0) is 0 Å². The molecule has 0 radical (unpaired) electrons. The van der Waals surface area contributed by atoms with Crippen LogP contribution in [0.1, 0.15) is 80.1 Å². The van der Waals surface area contributed by atoms with Gasteiger partial charge in [-0.1, -0.05) is 0 Å². The second-order valence-corrected chi connectivity index (χ2v) is 16.1. The molecule has 0 bridgehead atoms. The molecule has 0 amide bonds. The topological polar surface area (TPSA) is 58.9 Å². The fourth-order valence-corrected chi connectivity index (χ4v) is 16.1. The van der Waals surface area contributed by atoms with E-state index in [0.717, 1.165) is 56.7 Å². The molecule has 0 aromatic heterocycles. The summed E-state index contributed by atoms with van der Waals surface area (Å²) in [6, 6.07) is 3.07. The molecule has 0 fully saturated rings. The summed E-state index contributed by atoms with van der Waals surface area (Å²) in [5, 5.41) is 0. The van der Waals surface area contributed by atoms with Crippen molar-refractivity contribution in [3.8, 4) is 0 Å². The average molecular weight is 414 g/mol. The maximum absolute atomic E-state index is 10.4. The zero-order chi connectivity index (χ0) is 17.3. The van der Waals surface area contributed by atoms with Crippen LogP contribution in [0.25, 0.3) is 0 Å². The van der Waals surface area contributed by atoms with Crippen molar-refractivity contribution >= 4 is 8.32 Å². The van der Waals surface area contributed by atoms with Crippen molar-refractivity contribution in [1.82, 2.24) is 0 Å². The fourth-order valence-electron chi connectivity index (χ4n) is 2.73. The molecule has 0 saturated heterocycles. The Morgan fingerprint density at radius 3 is 1.45 bits per heavy atom. The van der Waals surface area contributed by atoms with Crippen LogP contribution in [0.2, 0.25) is 18.1 Å². The standard InChI is InChI=1S/C12H27OSi.C4H9O.2H2O.Zr/c1-4-7-10-14(13,11-8-5-2)12-9-6-3;1-4(2,3)5;;;/h4-12H2,1-3H3;1-3H3;2*1H2;/q2*-1;;;+4/p-2. The van der Waals surface area contributed by atoms with Crippen LogP contribution in [-0.4, -0.2) is 20.3 Å². The Bertz CT molecular complexity index is 271. The van der Waals surface area contributed by atoms with E-state index in [0.29, 0.717) is 0 Å². The van der Waals surface area contributed by atoms with Gasteiger partial charge in [-0.2, -0.15) is 0 Å². The minimum atomic E-state index is -4.88. The van der Waals surface area contributed by atoms with Crippen LogP contribution < -0.4 is 0 Å². The van der Waals surface area contributed by atoms with Crippen molar-refractivity contribution in [2.45, 2.75) is 104 Å². The predicted molar refractivity (Wildman–Crippen MR) is 91.3 cm³/mol. The van der Waals surface area contributed by atoms with Crippen LogP contribution in [0, 0.1) is 0 Å². The number of rotatable bonds is 12. The van der Waals surface area contributed by atoms with E-state index in [1.165, 1.54) is 0 Å². The van der Waals surface area contributed by atoms with E-state index in [9.17, 15) is 6.37 Å². The van der Waals surface area contributed by atoms with Gasteiger partial charge in [0.1, 0.15) is 0 Å². The van der Waals surface area contributed by atoms with Crippen molar-refractivity contribution in [2.75, 3.05) is 0 Å². The molecule has 0 unspecified atom stereocenters. The first-order valence-corrected chi connectivity index (χ1v) is 15.7. The van der Waals surface area contributed by atoms with Crippen LogP contribution in [-0.2, 0) is 27.3 Å². The molecule has 0 atom stereocenters. The van der Waals surface area contributed by atoms with E-state index < -0.39 is 35.9 Å². The molecule has 4 nitrogen and oxygen atoms in total. The molecule has 134 valence electrons. The van der Waals surface area contributed by atoms with E-state index >= 15 is 0 Å². The third kappa shape index (κ3) is 10.7. The molecule has 2 N–H and O–H groups in total. The third-order valence-electron chi connectivity index (χ3n) is 3.75. The average Bonchev–Trinajstić information content (AvgIpc) is 2.37. The molecule has 0 heterocycles. The monoisotopic (exact) mass is 412 g/mol. The molecule has 0 aromatic carbocycles. The van der Waals surface area contributed by atoms with Gasteiger partial charge in [-0.3, -0.25) is 0 Å². The predicted octanol–water partition coefficient (Wildman–Crippen LogP) is 4.96. The van der Waals surface area contributed by atoms with Gasteiger partial charge in [0, 0.05) is 0 Å². The molecule has 0 aliphatic heterocycles. The first-order chi connectivity index (χ1) is 10.1. The zero-order valence-electron chi connectivity index (χ0n) is 15.6. The Hall–Kier alpha value is 0.940. The fraction of sp³-hybridized carbons (Fsp3) is 1.00. The van der Waals surface area contributed by atoms with Crippen molar-refractivity contribution in [1.29, 1.82) is 0 Å². The molecule has 0 saturated carbocycles. The Kier molecular flexibility index (Phi) is 11.2. The summed E-state index contributed by atoms with van der Waals surface area (Å²) in [5.41, 5.74) is -0.569. The Labute approximate surface area is 145 Å². The summed E-state index contributed by atoms with van der Waals surface area (Å²) >= 11 is -4.88. The van der Waals surface area contributed by atoms with Gasteiger partial charge in [0.15, 0.2) is 0 Å². The summed E-state index contributed by atoms with van der Waals surface area (Å²) in [5.74, 6) is 0. The Morgan fingerprint density at radius 2 is 1.18 bits per heavy atom. The van der Waals surface area contributed by atoms with Gasteiger partial charge in [0.25, 0.3) is 0 Å². The van der Waals surface area contributed by atoms with Crippen LogP contribution >= 0.6 is 0 Å². The molecule has 6 heteroatoms. The van der Waals surface area contributed by atoms with Gasteiger partial charge in [0.05, 0.1) is 0 Å². The van der Waals surface area contributed by atoms with Crippen molar-refractivity contribution in [3.05, 3.63) is 0 Å². The second kappa shape index (κ2) is 10.7. The summed E-state index contributed by atoms with van der Waals surface area (Å²) in [6.07, 6.45) is 6.69.